The summed E-state index contributed by atoms with van der Waals surface area (Å²) in [5.41, 5.74) is 0. The molecule has 0 fully saturated rings. The van der Waals surface area contributed by atoms with Crippen LogP contribution in [-0.2, 0) is 9.47 Å². The minimum atomic E-state index is 0.0192. The lowest BCUT2D eigenvalue weighted by atomic mass is 10.1. The van der Waals surface area contributed by atoms with Gasteiger partial charge in [-0.3, -0.25) is 0 Å². The van der Waals surface area contributed by atoms with Gasteiger partial charge in [0.2, 0.25) is 0 Å². The van der Waals surface area contributed by atoms with Gasteiger partial charge in [0, 0.05) is 13.2 Å². The van der Waals surface area contributed by atoms with Gasteiger partial charge in [0.05, 0.1) is 0 Å². The molecule has 0 aromatic heterocycles. The summed E-state index contributed by atoms with van der Waals surface area (Å²) in [6, 6.07) is 0. The van der Waals surface area contributed by atoms with Gasteiger partial charge in [0.25, 0.3) is 0 Å². The van der Waals surface area contributed by atoms with Crippen LogP contribution in [0.5, 0.6) is 0 Å². The summed E-state index contributed by atoms with van der Waals surface area (Å²) < 4.78 is 12.3. The second-order valence-corrected chi connectivity index (χ2v) is 9.42. The number of hydrogen-bond donors (Lipinski definition) is 0. The van der Waals surface area contributed by atoms with E-state index in [-0.39, 0.29) is 6.29 Å². The normalized spacial score (nSPS) is 11.7. The predicted molar refractivity (Wildman–Crippen MR) is 143 cm³/mol. The molecule has 2 heteroatoms. The van der Waals surface area contributed by atoms with Crippen LogP contribution in [0.15, 0.2) is 24.8 Å². The molecule has 0 aromatic carbocycles. The summed E-state index contributed by atoms with van der Waals surface area (Å²) in [5, 5.41) is 0. The number of rotatable bonds is 27. The first-order chi connectivity index (χ1) is 15.8. The van der Waals surface area contributed by atoms with Crippen LogP contribution in [0.1, 0.15) is 149 Å². The van der Waals surface area contributed by atoms with E-state index in [1.165, 1.54) is 128 Å². The van der Waals surface area contributed by atoms with Crippen LogP contribution < -0.4 is 0 Å². The molecular weight excluding hydrogens is 392 g/mol. The van der Waals surface area contributed by atoms with Gasteiger partial charge in [0.15, 0.2) is 6.29 Å². The monoisotopic (exact) mass is 450 g/mol. The van der Waals surface area contributed by atoms with Crippen molar-refractivity contribution < 1.29 is 9.47 Å². The zero-order chi connectivity index (χ0) is 23.4. The molecule has 0 atom stereocenters. The minimum Gasteiger partial charge on any atom is -0.353 e. The third kappa shape index (κ3) is 25.7. The fourth-order valence-electron chi connectivity index (χ4n) is 4.06. The Bertz CT molecular complexity index is 357. The quantitative estimate of drug-likeness (QED) is 0.0703. The first-order valence-corrected chi connectivity index (χ1v) is 14.4. The smallest absolute Gasteiger partial charge is 0.157 e. The Labute approximate surface area is 202 Å². The van der Waals surface area contributed by atoms with Gasteiger partial charge in [-0.1, -0.05) is 135 Å². The summed E-state index contributed by atoms with van der Waals surface area (Å²) in [4.78, 5) is 0. The molecule has 2 nitrogen and oxygen atoms in total. The molecule has 0 saturated carbocycles. The molecular formula is C30H58O2. The van der Waals surface area contributed by atoms with Crippen LogP contribution in [0.2, 0.25) is 0 Å². The molecule has 0 heterocycles. The summed E-state index contributed by atoms with van der Waals surface area (Å²) >= 11 is 0. The third-order valence-corrected chi connectivity index (χ3v) is 6.19. The number of unbranched alkanes of at least 4 members (excludes halogenated alkanes) is 17. The van der Waals surface area contributed by atoms with E-state index in [1.807, 2.05) is 6.08 Å². The van der Waals surface area contributed by atoms with Gasteiger partial charge in [-0.2, -0.15) is 0 Å². The highest BCUT2D eigenvalue weighted by Gasteiger charge is 2.09. The average Bonchev–Trinajstić information content (AvgIpc) is 2.80. The summed E-state index contributed by atoms with van der Waals surface area (Å²) in [6.45, 7) is 10.0. The lowest BCUT2D eigenvalue weighted by molar-refractivity contribution is -0.148. The zero-order valence-electron chi connectivity index (χ0n) is 22.1. The van der Waals surface area contributed by atoms with Crippen molar-refractivity contribution in [2.24, 2.45) is 0 Å². The summed E-state index contributed by atoms with van der Waals surface area (Å²) in [7, 11) is 0. The van der Waals surface area contributed by atoms with E-state index in [1.54, 1.807) is 0 Å². The summed E-state index contributed by atoms with van der Waals surface area (Å²) in [6.07, 6.45) is 33.5. The number of hydrogen-bond acceptors (Lipinski definition) is 2. The first kappa shape index (κ1) is 31.4. The van der Waals surface area contributed by atoms with Crippen molar-refractivity contribution in [3.05, 3.63) is 24.8 Å². The zero-order valence-corrected chi connectivity index (χ0v) is 22.1. The van der Waals surface area contributed by atoms with Crippen molar-refractivity contribution in [3.63, 3.8) is 0 Å². The molecule has 0 rings (SSSR count). The molecule has 0 aliphatic carbocycles. The van der Waals surface area contributed by atoms with Crippen molar-refractivity contribution in [3.8, 4) is 0 Å². The number of allylic oxidation sites excluding steroid dienone is 3. The lowest BCUT2D eigenvalue weighted by Gasteiger charge is -2.19. The highest BCUT2D eigenvalue weighted by molar-refractivity contribution is 4.96. The van der Waals surface area contributed by atoms with Crippen molar-refractivity contribution >= 4 is 0 Å². The SMILES string of the molecule is C=C/C=C\CCCCCCCC(OCCCCCCCCC)OCCCCCCCCC. The Kier molecular flexibility index (Phi) is 27.9. The van der Waals surface area contributed by atoms with Gasteiger partial charge >= 0.3 is 0 Å². The predicted octanol–water partition coefficient (Wildman–Crippen LogP) is 10.3. The van der Waals surface area contributed by atoms with Crippen molar-refractivity contribution in [2.45, 2.75) is 155 Å². The van der Waals surface area contributed by atoms with Gasteiger partial charge in [-0.15, -0.1) is 0 Å². The van der Waals surface area contributed by atoms with Crippen LogP contribution in [-0.4, -0.2) is 19.5 Å². The molecule has 0 saturated heterocycles. The molecule has 0 aliphatic heterocycles. The van der Waals surface area contributed by atoms with Crippen LogP contribution in [0.25, 0.3) is 0 Å². The number of ether oxygens (including phenoxy) is 2. The highest BCUT2D eigenvalue weighted by atomic mass is 16.7. The molecule has 0 bridgehead atoms. The lowest BCUT2D eigenvalue weighted by Crippen LogP contribution is -2.19. The van der Waals surface area contributed by atoms with E-state index < -0.39 is 0 Å². The maximum Gasteiger partial charge on any atom is 0.157 e. The van der Waals surface area contributed by atoms with Gasteiger partial charge < -0.3 is 9.47 Å². The maximum absolute atomic E-state index is 6.16. The minimum absolute atomic E-state index is 0.0192. The molecule has 190 valence electrons. The Morgan fingerprint density at radius 2 is 1.00 bits per heavy atom. The van der Waals surface area contributed by atoms with E-state index in [0.29, 0.717) is 0 Å². The molecule has 32 heavy (non-hydrogen) atoms. The fourth-order valence-corrected chi connectivity index (χ4v) is 4.06. The maximum atomic E-state index is 6.16. The second-order valence-electron chi connectivity index (χ2n) is 9.42. The standard InChI is InChI=1S/C30H58O2/c1-4-7-10-13-16-17-18-21-24-27-30(31-28-25-22-19-14-11-8-5-2)32-29-26-23-20-15-12-9-6-3/h4,7,10,30H,1,5-6,8-9,11-29H2,2-3H3/b10-7-. The van der Waals surface area contributed by atoms with E-state index in [2.05, 4.69) is 32.6 Å². The average molecular weight is 451 g/mol. The Balaban J connectivity index is 3.87. The molecule has 0 radical (unpaired) electrons. The van der Waals surface area contributed by atoms with E-state index in [0.717, 1.165) is 19.6 Å². The van der Waals surface area contributed by atoms with Crippen LogP contribution >= 0.6 is 0 Å². The fraction of sp³-hybridized carbons (Fsp3) is 0.867. The van der Waals surface area contributed by atoms with Crippen molar-refractivity contribution in [1.29, 1.82) is 0 Å². The van der Waals surface area contributed by atoms with Crippen molar-refractivity contribution in [1.82, 2.24) is 0 Å². The molecule has 0 amide bonds. The first-order valence-electron chi connectivity index (χ1n) is 14.4. The summed E-state index contributed by atoms with van der Waals surface area (Å²) in [5.74, 6) is 0. The Hall–Kier alpha value is -0.600. The molecule has 0 aliphatic rings. The van der Waals surface area contributed by atoms with E-state index >= 15 is 0 Å². The largest absolute Gasteiger partial charge is 0.353 e. The van der Waals surface area contributed by atoms with Gasteiger partial charge in [-0.25, -0.2) is 0 Å². The highest BCUT2D eigenvalue weighted by Crippen LogP contribution is 2.14. The Morgan fingerprint density at radius 1 is 0.562 bits per heavy atom. The Morgan fingerprint density at radius 3 is 1.50 bits per heavy atom. The van der Waals surface area contributed by atoms with Crippen molar-refractivity contribution in [2.75, 3.05) is 13.2 Å². The molecule has 0 N–H and O–H groups in total. The van der Waals surface area contributed by atoms with Crippen LogP contribution in [0, 0.1) is 0 Å². The van der Waals surface area contributed by atoms with Crippen LogP contribution in [0.3, 0.4) is 0 Å². The topological polar surface area (TPSA) is 18.5 Å². The van der Waals surface area contributed by atoms with E-state index in [9.17, 15) is 0 Å². The second kappa shape index (κ2) is 28.4. The van der Waals surface area contributed by atoms with Crippen LogP contribution in [0.4, 0.5) is 0 Å². The van der Waals surface area contributed by atoms with E-state index in [4.69, 9.17) is 9.47 Å². The molecule has 0 spiro atoms. The van der Waals surface area contributed by atoms with Gasteiger partial charge in [0.1, 0.15) is 0 Å². The third-order valence-electron chi connectivity index (χ3n) is 6.19. The molecule has 0 aromatic rings. The van der Waals surface area contributed by atoms with Gasteiger partial charge in [-0.05, 0) is 38.5 Å². The molecule has 0 unspecified atom stereocenters.